The molecule has 0 aliphatic rings. The van der Waals surface area contributed by atoms with Gasteiger partial charge in [0.1, 0.15) is 17.4 Å². The molecule has 0 saturated carbocycles. The molecule has 3 rings (SSSR count). The Hall–Kier alpha value is -1.88. The van der Waals surface area contributed by atoms with Gasteiger partial charge in [0.25, 0.3) is 0 Å². The number of aromatic nitrogens is 1. The van der Waals surface area contributed by atoms with Crippen LogP contribution in [0.3, 0.4) is 0 Å². The number of halogens is 1. The number of furan rings is 1. The molecule has 2 heterocycles. The largest absolute Gasteiger partial charge is 0.459 e. The van der Waals surface area contributed by atoms with Crippen LogP contribution in [0.1, 0.15) is 17.4 Å². The van der Waals surface area contributed by atoms with Crippen molar-refractivity contribution in [1.29, 1.82) is 0 Å². The fourth-order valence-corrected chi connectivity index (χ4v) is 2.32. The molecule has 5 heteroatoms. The van der Waals surface area contributed by atoms with Crippen LogP contribution in [-0.4, -0.2) is 4.98 Å². The highest BCUT2D eigenvalue weighted by atomic mass is 35.5. The molecule has 0 spiro atoms. The standard InChI is InChI=1S/C14H12ClN3O/c15-11-8-17-6-5-10(11)14(18-16)13-7-9-3-1-2-4-12(9)19-13/h1-8,14,18H,16H2. The monoisotopic (exact) mass is 273 g/mol. The van der Waals surface area contributed by atoms with Crippen LogP contribution in [0.2, 0.25) is 5.02 Å². The Labute approximate surface area is 115 Å². The molecule has 4 nitrogen and oxygen atoms in total. The first kappa shape index (κ1) is 12.2. The van der Waals surface area contributed by atoms with Gasteiger partial charge in [0, 0.05) is 17.8 Å². The fraction of sp³-hybridized carbons (Fsp3) is 0.0714. The second-order valence-electron chi connectivity index (χ2n) is 4.18. The molecule has 0 saturated heterocycles. The third-order valence-electron chi connectivity index (χ3n) is 3.01. The quantitative estimate of drug-likeness (QED) is 0.569. The number of hydrogen-bond donors (Lipinski definition) is 2. The van der Waals surface area contributed by atoms with Crippen molar-refractivity contribution in [2.75, 3.05) is 0 Å². The summed E-state index contributed by atoms with van der Waals surface area (Å²) in [4.78, 5) is 3.97. The first-order chi connectivity index (χ1) is 9.29. The average molecular weight is 274 g/mol. The highest BCUT2D eigenvalue weighted by molar-refractivity contribution is 6.31. The minimum atomic E-state index is -0.303. The van der Waals surface area contributed by atoms with E-state index in [0.29, 0.717) is 5.02 Å². The summed E-state index contributed by atoms with van der Waals surface area (Å²) in [7, 11) is 0. The second kappa shape index (κ2) is 5.01. The number of nitrogens with zero attached hydrogens (tertiary/aromatic N) is 1. The molecule has 96 valence electrons. The molecule has 3 aromatic rings. The van der Waals surface area contributed by atoms with Crippen LogP contribution in [0, 0.1) is 0 Å². The Morgan fingerprint density at radius 1 is 1.26 bits per heavy atom. The van der Waals surface area contributed by atoms with Gasteiger partial charge in [-0.1, -0.05) is 29.8 Å². The summed E-state index contributed by atoms with van der Waals surface area (Å²) >= 11 is 6.15. The van der Waals surface area contributed by atoms with Crippen molar-refractivity contribution < 1.29 is 4.42 Å². The van der Waals surface area contributed by atoms with Gasteiger partial charge in [-0.05, 0) is 23.8 Å². The summed E-state index contributed by atoms with van der Waals surface area (Å²) in [6.07, 6.45) is 3.26. The van der Waals surface area contributed by atoms with Crippen LogP contribution >= 0.6 is 11.6 Å². The molecular weight excluding hydrogens is 262 g/mol. The van der Waals surface area contributed by atoms with Gasteiger partial charge in [-0.2, -0.15) is 0 Å². The van der Waals surface area contributed by atoms with Crippen molar-refractivity contribution in [2.24, 2.45) is 5.84 Å². The molecule has 3 N–H and O–H groups in total. The summed E-state index contributed by atoms with van der Waals surface area (Å²) in [5.41, 5.74) is 4.38. The number of hydrazine groups is 1. The number of benzene rings is 1. The van der Waals surface area contributed by atoms with E-state index in [4.69, 9.17) is 21.9 Å². The smallest absolute Gasteiger partial charge is 0.134 e. The van der Waals surface area contributed by atoms with Gasteiger partial charge in [0.15, 0.2) is 0 Å². The lowest BCUT2D eigenvalue weighted by Crippen LogP contribution is -2.28. The molecular formula is C14H12ClN3O. The van der Waals surface area contributed by atoms with E-state index in [1.54, 1.807) is 12.4 Å². The molecule has 19 heavy (non-hydrogen) atoms. The fourth-order valence-electron chi connectivity index (χ4n) is 2.09. The number of rotatable bonds is 3. The molecule has 0 bridgehead atoms. The van der Waals surface area contributed by atoms with Crippen LogP contribution in [0.15, 0.2) is 53.2 Å². The third-order valence-corrected chi connectivity index (χ3v) is 3.33. The van der Waals surface area contributed by atoms with Crippen LogP contribution in [0.5, 0.6) is 0 Å². The van der Waals surface area contributed by atoms with E-state index in [1.807, 2.05) is 36.4 Å². The number of nitrogens with one attached hydrogen (secondary N) is 1. The van der Waals surface area contributed by atoms with Gasteiger partial charge in [0.2, 0.25) is 0 Å². The lowest BCUT2D eigenvalue weighted by atomic mass is 10.1. The number of nitrogens with two attached hydrogens (primary N) is 1. The Bertz CT molecular complexity index is 677. The van der Waals surface area contributed by atoms with E-state index in [-0.39, 0.29) is 6.04 Å². The lowest BCUT2D eigenvalue weighted by molar-refractivity contribution is 0.477. The van der Waals surface area contributed by atoms with E-state index in [0.717, 1.165) is 22.3 Å². The Kier molecular flexibility index (Phi) is 3.21. The maximum absolute atomic E-state index is 6.15. The van der Waals surface area contributed by atoms with Gasteiger partial charge in [-0.25, -0.2) is 5.43 Å². The highest BCUT2D eigenvalue weighted by Crippen LogP contribution is 2.30. The first-order valence-electron chi connectivity index (χ1n) is 5.83. The predicted octanol–water partition coefficient (Wildman–Crippen LogP) is 3.03. The summed E-state index contributed by atoms with van der Waals surface area (Å²) < 4.78 is 5.81. The van der Waals surface area contributed by atoms with Crippen LogP contribution in [0.4, 0.5) is 0 Å². The third kappa shape index (κ3) is 2.21. The van der Waals surface area contributed by atoms with Gasteiger partial charge in [-0.3, -0.25) is 10.8 Å². The number of hydrogen-bond acceptors (Lipinski definition) is 4. The van der Waals surface area contributed by atoms with E-state index in [1.165, 1.54) is 0 Å². The Balaban J connectivity index is 2.09. The Morgan fingerprint density at radius 2 is 2.11 bits per heavy atom. The topological polar surface area (TPSA) is 64.1 Å². The van der Waals surface area contributed by atoms with Crippen molar-refractivity contribution in [3.8, 4) is 0 Å². The van der Waals surface area contributed by atoms with Crippen LogP contribution < -0.4 is 11.3 Å². The second-order valence-corrected chi connectivity index (χ2v) is 4.59. The minimum absolute atomic E-state index is 0.303. The van der Waals surface area contributed by atoms with Crippen molar-refractivity contribution in [3.63, 3.8) is 0 Å². The summed E-state index contributed by atoms with van der Waals surface area (Å²) in [5, 5.41) is 1.58. The van der Waals surface area contributed by atoms with Gasteiger partial charge >= 0.3 is 0 Å². The van der Waals surface area contributed by atoms with Crippen LogP contribution in [-0.2, 0) is 0 Å². The van der Waals surface area contributed by atoms with Gasteiger partial charge in [0.05, 0.1) is 5.02 Å². The molecule has 1 unspecified atom stereocenters. The highest BCUT2D eigenvalue weighted by Gasteiger charge is 2.19. The SMILES string of the molecule is NNC(c1cc2ccccc2o1)c1ccncc1Cl. The maximum atomic E-state index is 6.15. The van der Waals surface area contributed by atoms with Crippen molar-refractivity contribution in [3.05, 3.63) is 65.1 Å². The molecule has 0 radical (unpaired) electrons. The van der Waals surface area contributed by atoms with E-state index >= 15 is 0 Å². The first-order valence-corrected chi connectivity index (χ1v) is 6.21. The van der Waals surface area contributed by atoms with Crippen molar-refractivity contribution >= 4 is 22.6 Å². The maximum Gasteiger partial charge on any atom is 0.134 e. The zero-order valence-corrected chi connectivity index (χ0v) is 10.8. The molecule has 1 atom stereocenters. The van der Waals surface area contributed by atoms with Gasteiger partial charge in [-0.15, -0.1) is 0 Å². The van der Waals surface area contributed by atoms with Crippen LogP contribution in [0.25, 0.3) is 11.0 Å². The average Bonchev–Trinajstić information content (AvgIpc) is 2.85. The number of pyridine rings is 1. The Morgan fingerprint density at radius 3 is 2.84 bits per heavy atom. The summed E-state index contributed by atoms with van der Waals surface area (Å²) in [6, 6.07) is 11.3. The molecule has 0 amide bonds. The molecule has 0 aliphatic carbocycles. The van der Waals surface area contributed by atoms with E-state index in [9.17, 15) is 0 Å². The van der Waals surface area contributed by atoms with E-state index in [2.05, 4.69) is 10.4 Å². The normalized spacial score (nSPS) is 12.7. The zero-order chi connectivity index (χ0) is 13.2. The van der Waals surface area contributed by atoms with Crippen molar-refractivity contribution in [1.82, 2.24) is 10.4 Å². The predicted molar refractivity (Wildman–Crippen MR) is 74.6 cm³/mol. The minimum Gasteiger partial charge on any atom is -0.459 e. The molecule has 0 aliphatic heterocycles. The summed E-state index contributed by atoms with van der Waals surface area (Å²) in [5.74, 6) is 6.36. The number of fused-ring (bicyclic) bond motifs is 1. The van der Waals surface area contributed by atoms with Gasteiger partial charge < -0.3 is 4.42 Å². The molecule has 0 fully saturated rings. The lowest BCUT2D eigenvalue weighted by Gasteiger charge is -2.14. The molecule has 1 aromatic carbocycles. The zero-order valence-electron chi connectivity index (χ0n) is 10.0. The number of para-hydroxylation sites is 1. The van der Waals surface area contributed by atoms with E-state index < -0.39 is 0 Å². The summed E-state index contributed by atoms with van der Waals surface area (Å²) in [6.45, 7) is 0. The van der Waals surface area contributed by atoms with Crippen molar-refractivity contribution in [2.45, 2.75) is 6.04 Å². The molecule has 2 aromatic heterocycles.